The van der Waals surface area contributed by atoms with Gasteiger partial charge in [0, 0.05) is 48.0 Å². The summed E-state index contributed by atoms with van der Waals surface area (Å²) in [5.41, 5.74) is 0.285. The number of unbranched alkanes of at least 4 members (excludes halogenated alkanes) is 1. The molecule has 32 heavy (non-hydrogen) atoms. The molecule has 0 aliphatic carbocycles. The lowest BCUT2D eigenvalue weighted by Gasteiger charge is -2.53. The van der Waals surface area contributed by atoms with Crippen LogP contribution in [-0.4, -0.2) is 77.6 Å². The monoisotopic (exact) mass is 454 g/mol. The highest BCUT2D eigenvalue weighted by molar-refractivity contribution is 5.69. The average molecular weight is 455 g/mol. The molecule has 0 radical (unpaired) electrons. The molecule has 0 aromatic carbocycles. The number of esters is 1. The third kappa shape index (κ3) is 7.15. The number of hydrogen-bond acceptors (Lipinski definition) is 6. The van der Waals surface area contributed by atoms with Gasteiger partial charge in [-0.15, -0.1) is 0 Å². The summed E-state index contributed by atoms with van der Waals surface area (Å²) < 4.78 is 17.6. The topological polar surface area (TPSA) is 51.2 Å². The third-order valence-electron chi connectivity index (χ3n) is 8.15. The molecule has 0 aromatic rings. The van der Waals surface area contributed by atoms with Gasteiger partial charge in [0.2, 0.25) is 0 Å². The Morgan fingerprint density at radius 1 is 0.750 bits per heavy atom. The Bertz CT molecular complexity index is 593. The summed E-state index contributed by atoms with van der Waals surface area (Å²) in [6.45, 7) is 18.9. The van der Waals surface area contributed by atoms with Crippen molar-refractivity contribution in [1.29, 1.82) is 0 Å². The van der Waals surface area contributed by atoms with Crippen LogP contribution >= 0.6 is 0 Å². The van der Waals surface area contributed by atoms with Gasteiger partial charge in [0.25, 0.3) is 0 Å². The fourth-order valence-electron chi connectivity index (χ4n) is 5.68. The van der Waals surface area contributed by atoms with E-state index in [0.29, 0.717) is 19.8 Å². The predicted octanol–water partition coefficient (Wildman–Crippen LogP) is 4.99. The Morgan fingerprint density at radius 2 is 1.19 bits per heavy atom. The van der Waals surface area contributed by atoms with E-state index in [-0.39, 0.29) is 40.3 Å². The molecule has 0 unspecified atom stereocenters. The van der Waals surface area contributed by atoms with Crippen molar-refractivity contribution in [3.05, 3.63) is 0 Å². The highest BCUT2D eigenvalue weighted by atomic mass is 16.7. The second kappa shape index (κ2) is 10.3. The summed E-state index contributed by atoms with van der Waals surface area (Å²) in [7, 11) is 4.36. The van der Waals surface area contributed by atoms with Crippen molar-refractivity contribution in [2.45, 2.75) is 135 Å². The van der Waals surface area contributed by atoms with E-state index in [2.05, 4.69) is 79.3 Å². The second-order valence-corrected chi connectivity index (χ2v) is 12.6. The molecular weight excluding hydrogens is 404 g/mol. The number of carbonyl (C=O) groups is 1. The van der Waals surface area contributed by atoms with Gasteiger partial charge in [-0.2, -0.15) is 0 Å². The SMILES string of the molecule is CN1C(C)(C)CC(OCOCCCCC(=O)OC2CC(C)(C)N(C)C(C)(C)C2)CC1(C)C. The zero-order valence-corrected chi connectivity index (χ0v) is 22.5. The Kier molecular flexibility index (Phi) is 8.86. The van der Waals surface area contributed by atoms with Gasteiger partial charge in [-0.05, 0) is 95.2 Å². The molecule has 6 heteroatoms. The first-order valence-electron chi connectivity index (χ1n) is 12.4. The molecule has 2 fully saturated rings. The van der Waals surface area contributed by atoms with E-state index < -0.39 is 0 Å². The molecule has 0 aromatic heterocycles. The summed E-state index contributed by atoms with van der Waals surface area (Å²) >= 11 is 0. The second-order valence-electron chi connectivity index (χ2n) is 12.6. The van der Waals surface area contributed by atoms with Gasteiger partial charge in [0.1, 0.15) is 12.9 Å². The van der Waals surface area contributed by atoms with Crippen molar-refractivity contribution < 1.29 is 19.0 Å². The summed E-state index contributed by atoms with van der Waals surface area (Å²) in [4.78, 5) is 17.2. The minimum atomic E-state index is -0.0850. The van der Waals surface area contributed by atoms with E-state index in [1.807, 2.05) is 0 Å². The molecule has 0 N–H and O–H groups in total. The number of rotatable bonds is 9. The Morgan fingerprint density at radius 3 is 1.66 bits per heavy atom. The highest BCUT2D eigenvalue weighted by Gasteiger charge is 2.45. The molecule has 6 nitrogen and oxygen atoms in total. The average Bonchev–Trinajstić information content (AvgIpc) is 2.62. The molecule has 188 valence electrons. The number of piperidine rings is 2. The molecule has 0 spiro atoms. The first-order valence-corrected chi connectivity index (χ1v) is 12.4. The minimum absolute atomic E-state index is 0.00334. The van der Waals surface area contributed by atoms with Gasteiger partial charge in [-0.25, -0.2) is 0 Å². The largest absolute Gasteiger partial charge is 0.462 e. The number of ether oxygens (including phenoxy) is 3. The van der Waals surface area contributed by atoms with Crippen LogP contribution in [0.2, 0.25) is 0 Å². The van der Waals surface area contributed by atoms with Crippen LogP contribution < -0.4 is 0 Å². The molecule has 0 saturated carbocycles. The van der Waals surface area contributed by atoms with Gasteiger partial charge in [-0.1, -0.05) is 0 Å². The summed E-state index contributed by atoms with van der Waals surface area (Å²) in [5.74, 6) is -0.0850. The van der Waals surface area contributed by atoms with Crippen molar-refractivity contribution in [3.63, 3.8) is 0 Å². The zero-order valence-electron chi connectivity index (χ0n) is 22.5. The van der Waals surface area contributed by atoms with Crippen LogP contribution in [0.1, 0.15) is 100 Å². The summed E-state index contributed by atoms with van der Waals surface area (Å²) in [6.07, 6.45) is 6.06. The van der Waals surface area contributed by atoms with Gasteiger partial charge >= 0.3 is 5.97 Å². The number of hydrogen-bond donors (Lipinski definition) is 0. The lowest BCUT2D eigenvalue weighted by Crippen LogP contribution is -2.60. The van der Waals surface area contributed by atoms with Crippen molar-refractivity contribution >= 4 is 5.97 Å². The van der Waals surface area contributed by atoms with Crippen molar-refractivity contribution in [3.8, 4) is 0 Å². The van der Waals surface area contributed by atoms with E-state index in [1.54, 1.807) is 0 Å². The maximum atomic E-state index is 12.4. The number of nitrogens with zero attached hydrogens (tertiary/aromatic N) is 2. The van der Waals surface area contributed by atoms with Crippen LogP contribution in [-0.2, 0) is 19.0 Å². The van der Waals surface area contributed by atoms with Crippen molar-refractivity contribution in [1.82, 2.24) is 9.80 Å². The fraction of sp³-hybridized carbons (Fsp3) is 0.962. The number of likely N-dealkylation sites (tertiary alicyclic amines) is 2. The lowest BCUT2D eigenvalue weighted by atomic mass is 9.79. The fourth-order valence-corrected chi connectivity index (χ4v) is 5.68. The van der Waals surface area contributed by atoms with Gasteiger partial charge < -0.3 is 14.2 Å². The van der Waals surface area contributed by atoms with Crippen molar-refractivity contribution in [2.75, 3.05) is 27.5 Å². The van der Waals surface area contributed by atoms with Gasteiger partial charge in [-0.3, -0.25) is 14.6 Å². The van der Waals surface area contributed by atoms with E-state index in [9.17, 15) is 4.79 Å². The van der Waals surface area contributed by atoms with Crippen LogP contribution in [0.5, 0.6) is 0 Å². The van der Waals surface area contributed by atoms with E-state index >= 15 is 0 Å². The van der Waals surface area contributed by atoms with Crippen molar-refractivity contribution in [2.24, 2.45) is 0 Å². The molecule has 0 atom stereocenters. The molecule has 2 heterocycles. The molecular formula is C26H50N2O4. The quantitative estimate of drug-likeness (QED) is 0.278. The predicted molar refractivity (Wildman–Crippen MR) is 130 cm³/mol. The summed E-state index contributed by atoms with van der Waals surface area (Å²) in [6, 6.07) is 0. The molecule has 2 rings (SSSR count). The lowest BCUT2D eigenvalue weighted by molar-refractivity contribution is -0.159. The molecule has 2 saturated heterocycles. The maximum Gasteiger partial charge on any atom is 0.306 e. The molecule has 2 aliphatic heterocycles. The Balaban J connectivity index is 1.60. The van der Waals surface area contributed by atoms with E-state index in [0.717, 1.165) is 38.5 Å². The normalized spacial score (nSPS) is 26.2. The minimum Gasteiger partial charge on any atom is -0.462 e. The number of carbonyl (C=O) groups excluding carboxylic acids is 1. The first kappa shape index (κ1) is 27.6. The van der Waals surface area contributed by atoms with Crippen LogP contribution in [0.25, 0.3) is 0 Å². The summed E-state index contributed by atoms with van der Waals surface area (Å²) in [5, 5.41) is 0. The first-order chi connectivity index (χ1) is 14.6. The van der Waals surface area contributed by atoms with E-state index in [4.69, 9.17) is 14.2 Å². The van der Waals surface area contributed by atoms with Crippen LogP contribution in [0.4, 0.5) is 0 Å². The highest BCUT2D eigenvalue weighted by Crippen LogP contribution is 2.39. The van der Waals surface area contributed by atoms with Crippen LogP contribution in [0.15, 0.2) is 0 Å². The Labute approximate surface area is 197 Å². The standard InChI is InChI=1S/C26H50N2O4/c1-23(2)15-20(16-24(3,4)27(23)9)31-19-30-14-12-11-13-22(29)32-21-17-25(5,6)28(10)26(7,8)18-21/h20-21H,11-19H2,1-10H3. The molecule has 0 amide bonds. The Hall–Kier alpha value is -0.690. The van der Waals surface area contributed by atoms with Gasteiger partial charge in [0.05, 0.1) is 6.10 Å². The van der Waals surface area contributed by atoms with E-state index in [1.165, 1.54) is 0 Å². The smallest absolute Gasteiger partial charge is 0.306 e. The van der Waals surface area contributed by atoms with Crippen LogP contribution in [0, 0.1) is 0 Å². The van der Waals surface area contributed by atoms with Gasteiger partial charge in [0.15, 0.2) is 0 Å². The molecule has 0 bridgehead atoms. The third-order valence-corrected chi connectivity index (χ3v) is 8.15. The van der Waals surface area contributed by atoms with Crippen LogP contribution in [0.3, 0.4) is 0 Å². The maximum absolute atomic E-state index is 12.4. The zero-order chi connectivity index (χ0) is 24.4. The molecule has 2 aliphatic rings.